The van der Waals surface area contributed by atoms with Gasteiger partial charge >= 0.3 is 0 Å². The van der Waals surface area contributed by atoms with E-state index in [1.54, 1.807) is 0 Å². The van der Waals surface area contributed by atoms with Gasteiger partial charge in [-0.3, -0.25) is 4.79 Å². The maximum absolute atomic E-state index is 13.6. The Morgan fingerprint density at radius 2 is 1.94 bits per heavy atom. The van der Waals surface area contributed by atoms with Crippen molar-refractivity contribution in [3.05, 3.63) is 23.8 Å². The highest BCUT2D eigenvalue weighted by atomic mass is 19.1. The number of nitrogens with one attached hydrogen (secondary N) is 2. The number of ether oxygens (including phenoxy) is 1. The number of halogens is 1. The van der Waals surface area contributed by atoms with Crippen LogP contribution in [0.1, 0.15) is 74.6 Å². The predicted octanol–water partition coefficient (Wildman–Crippen LogP) is 3.32. The van der Waals surface area contributed by atoms with Gasteiger partial charge < -0.3 is 21.1 Å². The van der Waals surface area contributed by atoms with Crippen LogP contribution in [0, 0.1) is 23.1 Å². The number of nitrogen functional groups attached to an aromatic ring is 1. The fraction of sp³-hybridized carbons (Fsp3) is 0.720. The molecule has 5 rings (SSSR count). The summed E-state index contributed by atoms with van der Waals surface area (Å²) in [6.07, 6.45) is 14.7. The van der Waals surface area contributed by atoms with E-state index in [-0.39, 0.29) is 34.4 Å². The van der Waals surface area contributed by atoms with Gasteiger partial charge in [0.1, 0.15) is 5.56 Å². The Morgan fingerprint density at radius 1 is 1.21 bits per heavy atom. The van der Waals surface area contributed by atoms with Gasteiger partial charge in [0, 0.05) is 32.3 Å². The molecule has 0 radical (unpaired) electrons. The number of hydrogen-bond acceptors (Lipinski definition) is 6. The quantitative estimate of drug-likeness (QED) is 0.633. The molecule has 3 fully saturated rings. The fourth-order valence-corrected chi connectivity index (χ4v) is 6.81. The first-order chi connectivity index (χ1) is 16.6. The van der Waals surface area contributed by atoms with E-state index in [1.165, 1.54) is 68.5 Å². The molecule has 9 heteroatoms. The van der Waals surface area contributed by atoms with Crippen molar-refractivity contribution in [2.75, 3.05) is 32.0 Å². The van der Waals surface area contributed by atoms with Crippen LogP contribution in [0.5, 0.6) is 0 Å². The zero-order valence-corrected chi connectivity index (χ0v) is 19.9. The zero-order chi connectivity index (χ0) is 23.5. The highest BCUT2D eigenvalue weighted by Crippen LogP contribution is 2.48. The SMILES string of the molecule is Nc1nn2cc(F)cnc2c1C(=O)NC1CNCC2(CCCCCCCCC2)C1C1CCOC1. The Bertz CT molecular complexity index is 995. The first-order valence-electron chi connectivity index (χ1n) is 13.0. The van der Waals surface area contributed by atoms with Crippen molar-refractivity contribution in [2.24, 2.45) is 17.3 Å². The number of aromatic nitrogens is 3. The molecule has 0 aromatic carbocycles. The number of piperidine rings is 1. The van der Waals surface area contributed by atoms with Crippen LogP contribution in [-0.4, -0.2) is 52.9 Å². The molecule has 186 valence electrons. The topological polar surface area (TPSA) is 107 Å². The van der Waals surface area contributed by atoms with Crippen LogP contribution in [0.2, 0.25) is 0 Å². The molecule has 4 N–H and O–H groups in total. The molecular weight excluding hydrogens is 435 g/mol. The Morgan fingerprint density at radius 3 is 2.65 bits per heavy atom. The molecule has 2 aromatic heterocycles. The molecule has 0 bridgehead atoms. The summed E-state index contributed by atoms with van der Waals surface area (Å²) in [4.78, 5) is 17.6. The van der Waals surface area contributed by atoms with Crippen LogP contribution in [-0.2, 0) is 4.74 Å². The summed E-state index contributed by atoms with van der Waals surface area (Å²) in [5.74, 6) is 0.0161. The molecule has 1 amide bonds. The van der Waals surface area contributed by atoms with E-state index in [4.69, 9.17) is 10.5 Å². The number of hydrogen-bond donors (Lipinski definition) is 3. The second-order valence-electron chi connectivity index (χ2n) is 10.5. The molecule has 1 spiro atoms. The third kappa shape index (κ3) is 4.64. The normalized spacial score (nSPS) is 28.2. The van der Waals surface area contributed by atoms with Gasteiger partial charge in [0.25, 0.3) is 5.91 Å². The standard InChI is InChI=1S/C25H37FN6O2/c26-18-12-29-23-20(22(27)31-32(23)14-18)24(33)30-19-13-28-16-25(21(19)17-8-11-34-15-17)9-6-4-2-1-3-5-7-10-25/h12,14,17,19,21,28H,1-11,13,15-16H2,(H2,27,31)(H,30,33). The number of rotatable bonds is 3. The van der Waals surface area contributed by atoms with Crippen LogP contribution in [0.25, 0.3) is 5.65 Å². The van der Waals surface area contributed by atoms with Gasteiger partial charge in [0.2, 0.25) is 0 Å². The summed E-state index contributed by atoms with van der Waals surface area (Å²) < 4.78 is 20.7. The van der Waals surface area contributed by atoms with Crippen molar-refractivity contribution in [3.8, 4) is 0 Å². The molecule has 8 nitrogen and oxygen atoms in total. The predicted molar refractivity (Wildman–Crippen MR) is 128 cm³/mol. The van der Waals surface area contributed by atoms with Crippen molar-refractivity contribution >= 4 is 17.4 Å². The number of nitrogens with zero attached hydrogens (tertiary/aromatic N) is 3. The van der Waals surface area contributed by atoms with E-state index >= 15 is 0 Å². The number of carbonyl (C=O) groups is 1. The van der Waals surface area contributed by atoms with Crippen molar-refractivity contribution in [2.45, 2.75) is 70.3 Å². The van der Waals surface area contributed by atoms with E-state index in [0.29, 0.717) is 11.8 Å². The lowest BCUT2D eigenvalue weighted by atomic mass is 9.59. The number of anilines is 1. The minimum Gasteiger partial charge on any atom is -0.381 e. The minimum atomic E-state index is -0.530. The Balaban J connectivity index is 1.43. The van der Waals surface area contributed by atoms with Gasteiger partial charge in [-0.05, 0) is 36.5 Å². The smallest absolute Gasteiger partial charge is 0.259 e. The van der Waals surface area contributed by atoms with E-state index in [2.05, 4.69) is 20.7 Å². The molecule has 3 atom stereocenters. The van der Waals surface area contributed by atoms with Crippen molar-refractivity contribution in [3.63, 3.8) is 0 Å². The molecule has 4 heterocycles. The lowest BCUT2D eigenvalue weighted by molar-refractivity contribution is 0.00703. The largest absolute Gasteiger partial charge is 0.381 e. The molecule has 2 saturated heterocycles. The van der Waals surface area contributed by atoms with Gasteiger partial charge in [0.05, 0.1) is 12.4 Å². The summed E-state index contributed by atoms with van der Waals surface area (Å²) in [6, 6.07) is -0.0364. The van der Waals surface area contributed by atoms with Gasteiger partial charge in [-0.25, -0.2) is 13.9 Å². The van der Waals surface area contributed by atoms with E-state index in [9.17, 15) is 9.18 Å². The summed E-state index contributed by atoms with van der Waals surface area (Å²) in [6.45, 7) is 3.27. The fourth-order valence-electron chi connectivity index (χ4n) is 6.81. The van der Waals surface area contributed by atoms with Gasteiger partial charge in [0.15, 0.2) is 17.3 Å². The lowest BCUT2D eigenvalue weighted by Gasteiger charge is -2.52. The molecule has 3 aliphatic rings. The number of carbonyl (C=O) groups excluding carboxylic acids is 1. The maximum Gasteiger partial charge on any atom is 0.259 e. The zero-order valence-electron chi connectivity index (χ0n) is 19.9. The first kappa shape index (κ1) is 23.5. The molecular formula is C25H37FN6O2. The molecule has 3 unspecified atom stereocenters. The van der Waals surface area contributed by atoms with Gasteiger partial charge in [-0.1, -0.05) is 44.9 Å². The van der Waals surface area contributed by atoms with E-state index < -0.39 is 5.82 Å². The van der Waals surface area contributed by atoms with Crippen LogP contribution < -0.4 is 16.4 Å². The average Bonchev–Trinajstić information content (AvgIpc) is 3.45. The number of nitrogens with two attached hydrogens (primary N) is 1. The summed E-state index contributed by atoms with van der Waals surface area (Å²) >= 11 is 0. The second-order valence-corrected chi connectivity index (χ2v) is 10.5. The van der Waals surface area contributed by atoms with Crippen molar-refractivity contribution in [1.82, 2.24) is 25.2 Å². The third-order valence-electron chi connectivity index (χ3n) is 8.32. The third-order valence-corrected chi connectivity index (χ3v) is 8.32. The van der Waals surface area contributed by atoms with Crippen LogP contribution in [0.4, 0.5) is 10.2 Å². The van der Waals surface area contributed by atoms with E-state index in [1.807, 2.05) is 0 Å². The number of amides is 1. The molecule has 1 aliphatic carbocycles. The molecule has 34 heavy (non-hydrogen) atoms. The Hall–Kier alpha value is -2.26. The monoisotopic (exact) mass is 472 g/mol. The number of fused-ring (bicyclic) bond motifs is 1. The van der Waals surface area contributed by atoms with Crippen LogP contribution >= 0.6 is 0 Å². The highest BCUT2D eigenvalue weighted by Gasteiger charge is 2.49. The molecule has 2 aromatic rings. The first-order valence-corrected chi connectivity index (χ1v) is 13.0. The summed E-state index contributed by atoms with van der Waals surface area (Å²) in [5, 5.41) is 11.1. The minimum absolute atomic E-state index is 0.0364. The molecule has 1 saturated carbocycles. The summed E-state index contributed by atoms with van der Waals surface area (Å²) in [7, 11) is 0. The Kier molecular flexibility index (Phi) is 7.01. The van der Waals surface area contributed by atoms with Crippen molar-refractivity contribution < 1.29 is 13.9 Å². The second kappa shape index (κ2) is 10.2. The summed E-state index contributed by atoms with van der Waals surface area (Å²) in [5.41, 5.74) is 6.72. The van der Waals surface area contributed by atoms with Crippen LogP contribution in [0.15, 0.2) is 12.4 Å². The lowest BCUT2D eigenvalue weighted by Crippen LogP contribution is -2.62. The highest BCUT2D eigenvalue weighted by molar-refractivity contribution is 6.04. The van der Waals surface area contributed by atoms with Crippen LogP contribution in [0.3, 0.4) is 0 Å². The van der Waals surface area contributed by atoms with Gasteiger partial charge in [-0.15, -0.1) is 5.10 Å². The van der Waals surface area contributed by atoms with E-state index in [0.717, 1.165) is 38.9 Å². The average molecular weight is 473 g/mol. The van der Waals surface area contributed by atoms with Crippen molar-refractivity contribution in [1.29, 1.82) is 0 Å². The maximum atomic E-state index is 13.6. The molecule has 2 aliphatic heterocycles. The Labute approximate surface area is 200 Å². The van der Waals surface area contributed by atoms with Gasteiger partial charge in [-0.2, -0.15) is 0 Å².